The average molecular weight is 469 g/mol. The van der Waals surface area contributed by atoms with Crippen LogP contribution in [-0.2, 0) is 14.8 Å². The molecule has 1 aromatic heterocycles. The van der Waals surface area contributed by atoms with Gasteiger partial charge in [0.15, 0.2) is 5.03 Å². The van der Waals surface area contributed by atoms with Crippen LogP contribution in [0.1, 0.15) is 38.3 Å². The molecule has 0 spiro atoms. The number of hydrogen-bond donors (Lipinski definition) is 1. The number of aryl methyl sites for hydroxylation is 1. The van der Waals surface area contributed by atoms with Crippen LogP contribution in [0.4, 0.5) is 5.69 Å². The highest BCUT2D eigenvalue weighted by molar-refractivity contribution is 9.10. The fourth-order valence-corrected chi connectivity index (χ4v) is 4.83. The summed E-state index contributed by atoms with van der Waals surface area (Å²) >= 11 is 3.44. The number of benzene rings is 1. The molecule has 7 nitrogen and oxygen atoms in total. The number of halogens is 1. The average Bonchev–Trinajstić information content (AvgIpc) is 3.16. The van der Waals surface area contributed by atoms with Gasteiger partial charge in [-0.25, -0.2) is 13.4 Å². The lowest BCUT2D eigenvalue weighted by Gasteiger charge is -2.30. The second kappa shape index (κ2) is 8.34. The Morgan fingerprint density at radius 3 is 2.54 bits per heavy atom. The van der Waals surface area contributed by atoms with E-state index in [1.165, 1.54) is 10.6 Å². The first-order chi connectivity index (χ1) is 13.2. The van der Waals surface area contributed by atoms with E-state index in [-0.39, 0.29) is 22.9 Å². The molecule has 0 saturated carbocycles. The molecule has 0 radical (unpaired) electrons. The summed E-state index contributed by atoms with van der Waals surface area (Å²) in [4.78, 5) is 16.6. The van der Waals surface area contributed by atoms with Crippen LogP contribution in [0.3, 0.4) is 0 Å². The Kier molecular flexibility index (Phi) is 6.26. The minimum Gasteiger partial charge on any atom is -0.334 e. The molecule has 9 heteroatoms. The summed E-state index contributed by atoms with van der Waals surface area (Å²) in [6.45, 7) is 6.52. The Labute approximate surface area is 174 Å². The molecule has 28 heavy (non-hydrogen) atoms. The Morgan fingerprint density at radius 1 is 1.29 bits per heavy atom. The van der Waals surface area contributed by atoms with Crippen molar-refractivity contribution in [3.05, 3.63) is 40.8 Å². The third kappa shape index (κ3) is 4.47. The lowest BCUT2D eigenvalue weighted by Crippen LogP contribution is -2.41. The first-order valence-electron chi connectivity index (χ1n) is 9.29. The zero-order valence-electron chi connectivity index (χ0n) is 16.2. The number of anilines is 1. The molecule has 1 amide bonds. The molecule has 0 bridgehead atoms. The molecule has 0 aliphatic carbocycles. The predicted molar refractivity (Wildman–Crippen MR) is 112 cm³/mol. The van der Waals surface area contributed by atoms with Crippen molar-refractivity contribution < 1.29 is 13.2 Å². The van der Waals surface area contributed by atoms with Crippen molar-refractivity contribution in [2.45, 2.75) is 44.7 Å². The fourth-order valence-electron chi connectivity index (χ4n) is 3.19. The summed E-state index contributed by atoms with van der Waals surface area (Å²) in [5, 5.41) is 3.00. The van der Waals surface area contributed by atoms with E-state index in [1.807, 2.05) is 39.0 Å². The van der Waals surface area contributed by atoms with E-state index in [0.29, 0.717) is 25.9 Å². The van der Waals surface area contributed by atoms with Crippen molar-refractivity contribution in [3.63, 3.8) is 0 Å². The van der Waals surface area contributed by atoms with Crippen molar-refractivity contribution >= 4 is 37.5 Å². The van der Waals surface area contributed by atoms with E-state index in [0.717, 1.165) is 15.7 Å². The van der Waals surface area contributed by atoms with Gasteiger partial charge in [0, 0.05) is 41.4 Å². The quantitative estimate of drug-likeness (QED) is 0.726. The molecule has 0 unspecified atom stereocenters. The number of rotatable bonds is 5. The van der Waals surface area contributed by atoms with Crippen molar-refractivity contribution in [1.82, 2.24) is 13.9 Å². The predicted octanol–water partition coefficient (Wildman–Crippen LogP) is 3.57. The van der Waals surface area contributed by atoms with Gasteiger partial charge in [-0.1, -0.05) is 15.9 Å². The molecule has 2 aromatic rings. The lowest BCUT2D eigenvalue weighted by molar-refractivity contribution is -0.120. The number of piperidine rings is 1. The molecule has 152 valence electrons. The summed E-state index contributed by atoms with van der Waals surface area (Å²) in [7, 11) is -3.63. The zero-order valence-corrected chi connectivity index (χ0v) is 18.6. The summed E-state index contributed by atoms with van der Waals surface area (Å²) in [5.41, 5.74) is 1.79. The molecule has 1 aliphatic rings. The van der Waals surface area contributed by atoms with Crippen LogP contribution in [0.25, 0.3) is 0 Å². The third-order valence-corrected chi connectivity index (χ3v) is 7.70. The molecule has 1 N–H and O–H groups in total. The SMILES string of the molecule is Cc1cc(NC(=O)C2CCN(S(=O)(=O)c3cn(C(C)C)cn3)CC2)ccc1Br. The number of amides is 1. The lowest BCUT2D eigenvalue weighted by atomic mass is 9.97. The van der Waals surface area contributed by atoms with Crippen molar-refractivity contribution in [2.24, 2.45) is 5.92 Å². The largest absolute Gasteiger partial charge is 0.334 e. The first kappa shape index (κ1) is 21.0. The van der Waals surface area contributed by atoms with Gasteiger partial charge >= 0.3 is 0 Å². The van der Waals surface area contributed by atoms with Crippen LogP contribution < -0.4 is 5.32 Å². The van der Waals surface area contributed by atoms with Gasteiger partial charge in [0.1, 0.15) is 0 Å². The van der Waals surface area contributed by atoms with Crippen LogP contribution in [0.15, 0.2) is 40.2 Å². The number of nitrogens with one attached hydrogen (secondary N) is 1. The van der Waals surface area contributed by atoms with Crippen LogP contribution in [0.5, 0.6) is 0 Å². The highest BCUT2D eigenvalue weighted by atomic mass is 79.9. The Morgan fingerprint density at radius 2 is 1.96 bits per heavy atom. The number of imidazole rings is 1. The minimum absolute atomic E-state index is 0.0643. The standard InChI is InChI=1S/C19H25BrN4O3S/c1-13(2)23-11-18(21-12-23)28(26,27)24-8-6-15(7-9-24)19(25)22-16-4-5-17(20)14(3)10-16/h4-5,10-13,15H,6-9H2,1-3H3,(H,22,25). The van der Waals surface area contributed by atoms with Crippen molar-refractivity contribution in [2.75, 3.05) is 18.4 Å². The first-order valence-corrected chi connectivity index (χ1v) is 11.5. The van der Waals surface area contributed by atoms with Crippen LogP contribution in [0.2, 0.25) is 0 Å². The van der Waals surface area contributed by atoms with Gasteiger partial charge in [-0.2, -0.15) is 4.31 Å². The maximum absolute atomic E-state index is 12.8. The summed E-state index contributed by atoms with van der Waals surface area (Å²) < 4.78 is 29.8. The summed E-state index contributed by atoms with van der Waals surface area (Å²) in [6, 6.07) is 5.80. The molecule has 3 rings (SSSR count). The van der Waals surface area contributed by atoms with Crippen LogP contribution >= 0.6 is 15.9 Å². The maximum atomic E-state index is 12.8. The molecule has 2 heterocycles. The monoisotopic (exact) mass is 468 g/mol. The molecular formula is C19H25BrN4O3S. The third-order valence-electron chi connectivity index (χ3n) is 5.03. The molecule has 0 atom stereocenters. The van der Waals surface area contributed by atoms with Crippen LogP contribution in [-0.4, -0.2) is 41.3 Å². The van der Waals surface area contributed by atoms with E-state index in [2.05, 4.69) is 26.2 Å². The van der Waals surface area contributed by atoms with Gasteiger partial charge in [-0.15, -0.1) is 0 Å². The number of hydrogen-bond acceptors (Lipinski definition) is 4. The van der Waals surface area contributed by atoms with Crippen LogP contribution in [0, 0.1) is 12.8 Å². The number of sulfonamides is 1. The van der Waals surface area contributed by atoms with E-state index in [4.69, 9.17) is 0 Å². The normalized spacial score (nSPS) is 16.5. The number of carbonyl (C=O) groups excluding carboxylic acids is 1. The van der Waals surface area contributed by atoms with Crippen molar-refractivity contribution in [1.29, 1.82) is 0 Å². The van der Waals surface area contributed by atoms with Gasteiger partial charge in [0.05, 0.1) is 6.33 Å². The highest BCUT2D eigenvalue weighted by Crippen LogP contribution is 2.26. The Hall–Kier alpha value is -1.71. The van der Waals surface area contributed by atoms with Crippen molar-refractivity contribution in [3.8, 4) is 0 Å². The number of nitrogens with zero attached hydrogens (tertiary/aromatic N) is 3. The second-order valence-electron chi connectivity index (χ2n) is 7.38. The topological polar surface area (TPSA) is 84.3 Å². The Bertz CT molecular complexity index is 963. The molecule has 1 aromatic carbocycles. The van der Waals surface area contributed by atoms with Gasteiger partial charge in [0.25, 0.3) is 10.0 Å². The van der Waals surface area contributed by atoms with Gasteiger partial charge in [-0.3, -0.25) is 4.79 Å². The van der Waals surface area contributed by atoms with Gasteiger partial charge in [0.2, 0.25) is 5.91 Å². The fraction of sp³-hybridized carbons (Fsp3) is 0.474. The second-order valence-corrected chi connectivity index (χ2v) is 10.1. The van der Waals surface area contributed by atoms with E-state index in [9.17, 15) is 13.2 Å². The number of aromatic nitrogens is 2. The molecular weight excluding hydrogens is 444 g/mol. The minimum atomic E-state index is -3.63. The Balaban J connectivity index is 1.61. The summed E-state index contributed by atoms with van der Waals surface area (Å²) in [5.74, 6) is -0.272. The molecule has 1 fully saturated rings. The molecule has 1 saturated heterocycles. The maximum Gasteiger partial charge on any atom is 0.262 e. The van der Waals surface area contributed by atoms with E-state index >= 15 is 0 Å². The van der Waals surface area contributed by atoms with E-state index < -0.39 is 10.0 Å². The molecule has 1 aliphatic heterocycles. The van der Waals surface area contributed by atoms with E-state index in [1.54, 1.807) is 10.8 Å². The number of carbonyl (C=O) groups is 1. The summed E-state index contributed by atoms with van der Waals surface area (Å²) in [6.07, 6.45) is 4.09. The smallest absolute Gasteiger partial charge is 0.262 e. The zero-order chi connectivity index (χ0) is 20.5. The van der Waals surface area contributed by atoms with Gasteiger partial charge < -0.3 is 9.88 Å². The van der Waals surface area contributed by atoms with Gasteiger partial charge in [-0.05, 0) is 57.4 Å². The highest BCUT2D eigenvalue weighted by Gasteiger charge is 2.33.